The van der Waals surface area contributed by atoms with Gasteiger partial charge in [0.05, 0.1) is 6.61 Å². The molecule has 5 nitrogen and oxygen atoms in total. The van der Waals surface area contributed by atoms with Crippen LogP contribution in [0.4, 0.5) is 0 Å². The SMILES string of the molecule is C=C(C)C(=O)OCC1COC(c2ccc(C=Cc3cc[n+](C)cc3)cc2)O1.[Cl-]. The third-order valence-electron chi connectivity index (χ3n) is 4.18. The van der Waals surface area contributed by atoms with Gasteiger partial charge in [-0.2, -0.15) is 0 Å². The quantitative estimate of drug-likeness (QED) is 0.395. The van der Waals surface area contributed by atoms with Crippen LogP contribution >= 0.6 is 0 Å². The number of carbonyl (C=O) groups is 1. The number of ether oxygens (including phenoxy) is 3. The molecule has 0 radical (unpaired) electrons. The molecule has 1 saturated heterocycles. The highest BCUT2D eigenvalue weighted by molar-refractivity contribution is 5.86. The molecule has 2 atom stereocenters. The molecule has 6 heteroatoms. The third kappa shape index (κ3) is 6.02. The van der Waals surface area contributed by atoms with Gasteiger partial charge in [-0.25, -0.2) is 9.36 Å². The summed E-state index contributed by atoms with van der Waals surface area (Å²) in [5.74, 6) is -0.412. The van der Waals surface area contributed by atoms with Gasteiger partial charge in [0, 0.05) is 23.3 Å². The van der Waals surface area contributed by atoms with E-state index in [0.29, 0.717) is 12.2 Å². The van der Waals surface area contributed by atoms with E-state index in [1.54, 1.807) is 6.92 Å². The Morgan fingerprint density at radius 1 is 1.18 bits per heavy atom. The zero-order valence-electron chi connectivity index (χ0n) is 16.0. The standard InChI is InChI=1S/C22H24NO4.ClH/c1-16(2)21(24)25-14-20-15-26-22(27-20)19-8-6-17(7-9-19)4-5-18-10-12-23(3)13-11-18;/h4-13,20,22H,1,14-15H2,2-3H3;1H/q+1;/p-1. The van der Waals surface area contributed by atoms with Crippen LogP contribution in [0.3, 0.4) is 0 Å². The topological polar surface area (TPSA) is 48.6 Å². The lowest BCUT2D eigenvalue weighted by Crippen LogP contribution is -3.00. The molecule has 0 N–H and O–H groups in total. The first-order valence-corrected chi connectivity index (χ1v) is 8.84. The van der Waals surface area contributed by atoms with Gasteiger partial charge in [-0.05, 0) is 18.1 Å². The van der Waals surface area contributed by atoms with E-state index < -0.39 is 12.3 Å². The van der Waals surface area contributed by atoms with E-state index in [-0.39, 0.29) is 25.1 Å². The van der Waals surface area contributed by atoms with Gasteiger partial charge >= 0.3 is 5.97 Å². The van der Waals surface area contributed by atoms with Crippen molar-refractivity contribution in [3.8, 4) is 0 Å². The van der Waals surface area contributed by atoms with Crippen molar-refractivity contribution in [3.05, 3.63) is 77.6 Å². The molecule has 0 saturated carbocycles. The fourth-order valence-electron chi connectivity index (χ4n) is 2.58. The van der Waals surface area contributed by atoms with Crippen LogP contribution in [0, 0.1) is 0 Å². The van der Waals surface area contributed by atoms with Crippen LogP contribution in [0.2, 0.25) is 0 Å². The second kappa shape index (κ2) is 10.2. The smallest absolute Gasteiger partial charge is 0.333 e. The molecule has 2 unspecified atom stereocenters. The van der Waals surface area contributed by atoms with Crippen molar-refractivity contribution in [2.45, 2.75) is 19.3 Å². The van der Waals surface area contributed by atoms with Crippen molar-refractivity contribution in [2.24, 2.45) is 7.05 Å². The van der Waals surface area contributed by atoms with Crippen molar-refractivity contribution in [2.75, 3.05) is 13.2 Å². The second-order valence-corrected chi connectivity index (χ2v) is 6.60. The molecule has 2 heterocycles. The van der Waals surface area contributed by atoms with Gasteiger partial charge in [0.15, 0.2) is 18.7 Å². The van der Waals surface area contributed by atoms with Crippen molar-refractivity contribution in [1.29, 1.82) is 0 Å². The van der Waals surface area contributed by atoms with Crippen LogP contribution in [0.1, 0.15) is 29.9 Å². The number of hydrogen-bond donors (Lipinski definition) is 0. The van der Waals surface area contributed by atoms with E-state index in [2.05, 4.69) is 30.9 Å². The Morgan fingerprint density at radius 3 is 2.39 bits per heavy atom. The Labute approximate surface area is 171 Å². The molecule has 1 aromatic heterocycles. The Bertz CT molecular complexity index is 831. The van der Waals surface area contributed by atoms with Crippen LogP contribution in [-0.2, 0) is 26.1 Å². The number of carbonyl (C=O) groups excluding carboxylic acids is 1. The molecule has 1 fully saturated rings. The van der Waals surface area contributed by atoms with Crippen molar-refractivity contribution in [1.82, 2.24) is 0 Å². The van der Waals surface area contributed by atoms with Gasteiger partial charge in [0.2, 0.25) is 0 Å². The number of benzene rings is 1. The molecule has 0 aliphatic carbocycles. The minimum absolute atomic E-state index is 0. The molecule has 28 heavy (non-hydrogen) atoms. The molecule has 2 aromatic rings. The number of esters is 1. The number of rotatable bonds is 6. The summed E-state index contributed by atoms with van der Waals surface area (Å²) in [6.07, 6.45) is 7.46. The first-order chi connectivity index (χ1) is 13.0. The largest absolute Gasteiger partial charge is 1.00 e. The van der Waals surface area contributed by atoms with E-state index in [1.807, 2.05) is 48.3 Å². The van der Waals surface area contributed by atoms with E-state index in [4.69, 9.17) is 14.2 Å². The second-order valence-electron chi connectivity index (χ2n) is 6.60. The van der Waals surface area contributed by atoms with Crippen LogP contribution in [0.15, 0.2) is 60.9 Å². The van der Waals surface area contributed by atoms with Gasteiger partial charge in [-0.1, -0.05) is 43.0 Å². The highest BCUT2D eigenvalue weighted by atomic mass is 35.5. The molecule has 1 aliphatic heterocycles. The number of pyridine rings is 1. The maximum Gasteiger partial charge on any atom is 0.333 e. The molecule has 0 amide bonds. The molecule has 1 aromatic carbocycles. The average Bonchev–Trinajstić information content (AvgIpc) is 3.15. The molecule has 3 rings (SSSR count). The van der Waals surface area contributed by atoms with E-state index in [1.165, 1.54) is 0 Å². The first kappa shape index (κ1) is 21.8. The summed E-state index contributed by atoms with van der Waals surface area (Å²) in [6.45, 7) is 5.73. The van der Waals surface area contributed by atoms with Crippen molar-refractivity contribution in [3.63, 3.8) is 0 Å². The van der Waals surface area contributed by atoms with Crippen LogP contribution in [0.5, 0.6) is 0 Å². The Hall–Kier alpha value is -2.47. The van der Waals surface area contributed by atoms with Crippen LogP contribution in [0.25, 0.3) is 12.2 Å². The lowest BCUT2D eigenvalue weighted by molar-refractivity contribution is -0.671. The summed E-state index contributed by atoms with van der Waals surface area (Å²) < 4.78 is 18.6. The van der Waals surface area contributed by atoms with Crippen LogP contribution < -0.4 is 17.0 Å². The van der Waals surface area contributed by atoms with E-state index >= 15 is 0 Å². The molecule has 0 spiro atoms. The normalized spacial score (nSPS) is 18.6. The molecular formula is C22H24ClNO4. The Balaban J connectivity index is 0.00000280. The summed E-state index contributed by atoms with van der Waals surface area (Å²) in [4.78, 5) is 11.4. The number of hydrogen-bond acceptors (Lipinski definition) is 4. The summed E-state index contributed by atoms with van der Waals surface area (Å²) in [5, 5.41) is 0. The minimum Gasteiger partial charge on any atom is -1.00 e. The Morgan fingerprint density at radius 2 is 1.79 bits per heavy atom. The average molecular weight is 402 g/mol. The molecule has 1 aliphatic rings. The predicted octanol–water partition coefficient (Wildman–Crippen LogP) is 0.219. The summed E-state index contributed by atoms with van der Waals surface area (Å²) >= 11 is 0. The van der Waals surface area contributed by atoms with Gasteiger partial charge in [-0.15, -0.1) is 0 Å². The van der Waals surface area contributed by atoms with Gasteiger partial charge in [0.25, 0.3) is 0 Å². The third-order valence-corrected chi connectivity index (χ3v) is 4.18. The predicted molar refractivity (Wildman–Crippen MR) is 102 cm³/mol. The van der Waals surface area contributed by atoms with Gasteiger partial charge < -0.3 is 26.6 Å². The molecular weight excluding hydrogens is 378 g/mol. The van der Waals surface area contributed by atoms with Crippen molar-refractivity contribution >= 4 is 18.1 Å². The Kier molecular flexibility index (Phi) is 7.93. The highest BCUT2D eigenvalue weighted by Crippen LogP contribution is 2.27. The monoisotopic (exact) mass is 401 g/mol. The minimum atomic E-state index is -0.439. The first-order valence-electron chi connectivity index (χ1n) is 8.84. The molecule has 148 valence electrons. The van der Waals surface area contributed by atoms with Gasteiger partial charge in [-0.3, -0.25) is 0 Å². The number of aryl methyl sites for hydroxylation is 1. The zero-order chi connectivity index (χ0) is 19.2. The zero-order valence-corrected chi connectivity index (χ0v) is 16.8. The maximum atomic E-state index is 11.4. The lowest BCUT2D eigenvalue weighted by Gasteiger charge is -2.12. The van der Waals surface area contributed by atoms with E-state index in [9.17, 15) is 4.79 Å². The fraction of sp³-hybridized carbons (Fsp3) is 0.273. The number of nitrogens with zero attached hydrogens (tertiary/aromatic N) is 1. The lowest BCUT2D eigenvalue weighted by atomic mass is 10.1. The fourth-order valence-corrected chi connectivity index (χ4v) is 2.58. The number of halogens is 1. The van der Waals surface area contributed by atoms with Crippen LogP contribution in [-0.4, -0.2) is 25.3 Å². The summed E-state index contributed by atoms with van der Waals surface area (Å²) in [6, 6.07) is 12.1. The maximum absolute atomic E-state index is 11.4. The summed E-state index contributed by atoms with van der Waals surface area (Å²) in [5.41, 5.74) is 3.55. The summed E-state index contributed by atoms with van der Waals surface area (Å²) in [7, 11) is 1.99. The van der Waals surface area contributed by atoms with Gasteiger partial charge in [0.1, 0.15) is 19.8 Å². The highest BCUT2D eigenvalue weighted by Gasteiger charge is 2.28. The van der Waals surface area contributed by atoms with Crippen molar-refractivity contribution < 1.29 is 36.0 Å². The number of aromatic nitrogens is 1. The van der Waals surface area contributed by atoms with E-state index in [0.717, 1.165) is 16.7 Å². The molecule has 0 bridgehead atoms.